The highest BCUT2D eigenvalue weighted by molar-refractivity contribution is 7.18. The Balaban J connectivity index is 2.22. The lowest BCUT2D eigenvalue weighted by Crippen LogP contribution is -2.36. The number of aromatic nitrogens is 2. The molecule has 0 saturated heterocycles. The number of hydrogen-bond acceptors (Lipinski definition) is 4. The van der Waals surface area contributed by atoms with E-state index >= 15 is 0 Å². The summed E-state index contributed by atoms with van der Waals surface area (Å²) in [5, 5.41) is 10.1. The standard InChI is InChI=1S/C17H22N2O3S/c1-4-12-18-14-13(10-7-5-6-8-11(10)23-14)15(20)19(12)9-17(2,3)16(21)22/h4-9H2,1-3H3,(H,21,22). The summed E-state index contributed by atoms with van der Waals surface area (Å²) < 4.78 is 1.58. The van der Waals surface area contributed by atoms with Gasteiger partial charge in [-0.1, -0.05) is 6.92 Å². The van der Waals surface area contributed by atoms with Gasteiger partial charge in [-0.05, 0) is 45.1 Å². The fourth-order valence-corrected chi connectivity index (χ4v) is 4.45. The number of thiophene rings is 1. The second kappa shape index (κ2) is 5.74. The maximum atomic E-state index is 13.1. The minimum atomic E-state index is -1.00. The Morgan fingerprint density at radius 1 is 1.35 bits per heavy atom. The Morgan fingerprint density at radius 2 is 2.04 bits per heavy atom. The van der Waals surface area contributed by atoms with Gasteiger partial charge in [0, 0.05) is 17.8 Å². The van der Waals surface area contributed by atoms with Crippen molar-refractivity contribution in [1.29, 1.82) is 0 Å². The zero-order valence-corrected chi connectivity index (χ0v) is 14.6. The second-order valence-corrected chi connectivity index (χ2v) is 7.94. The molecule has 0 amide bonds. The number of hydrogen-bond donors (Lipinski definition) is 1. The van der Waals surface area contributed by atoms with Crippen LogP contribution in [0.1, 0.15) is 49.9 Å². The predicted molar refractivity (Wildman–Crippen MR) is 91.3 cm³/mol. The molecule has 5 nitrogen and oxygen atoms in total. The Morgan fingerprint density at radius 3 is 2.70 bits per heavy atom. The summed E-state index contributed by atoms with van der Waals surface area (Å²) in [5.41, 5.74) is 0.0815. The Kier molecular flexibility index (Phi) is 4.04. The minimum absolute atomic E-state index is 0.0689. The second-order valence-electron chi connectivity index (χ2n) is 6.85. The first-order valence-electron chi connectivity index (χ1n) is 8.12. The molecule has 2 aromatic rings. The van der Waals surface area contributed by atoms with Gasteiger partial charge in [0.15, 0.2) is 0 Å². The highest BCUT2D eigenvalue weighted by atomic mass is 32.1. The van der Waals surface area contributed by atoms with Crippen molar-refractivity contribution in [3.63, 3.8) is 0 Å². The number of aliphatic carboxylic acids is 1. The SMILES string of the molecule is CCc1nc2sc3c(c2c(=O)n1CC(C)(C)C(=O)O)CCCC3. The molecule has 2 aromatic heterocycles. The fraction of sp³-hybridized carbons (Fsp3) is 0.588. The maximum Gasteiger partial charge on any atom is 0.310 e. The number of carboxylic acids is 1. The molecule has 1 aliphatic rings. The normalized spacial score (nSPS) is 14.9. The summed E-state index contributed by atoms with van der Waals surface area (Å²) in [6.45, 7) is 5.40. The summed E-state index contributed by atoms with van der Waals surface area (Å²) >= 11 is 1.64. The molecule has 0 spiro atoms. The van der Waals surface area contributed by atoms with Crippen LogP contribution in [0, 0.1) is 5.41 Å². The first-order valence-corrected chi connectivity index (χ1v) is 8.94. The average molecular weight is 334 g/mol. The molecule has 124 valence electrons. The van der Waals surface area contributed by atoms with Gasteiger partial charge in [-0.2, -0.15) is 0 Å². The van der Waals surface area contributed by atoms with Crippen LogP contribution in [0.25, 0.3) is 10.2 Å². The first-order chi connectivity index (χ1) is 10.8. The Hall–Kier alpha value is -1.69. The highest BCUT2D eigenvalue weighted by Crippen LogP contribution is 2.34. The van der Waals surface area contributed by atoms with Crippen LogP contribution in [0.2, 0.25) is 0 Å². The largest absolute Gasteiger partial charge is 0.481 e. The van der Waals surface area contributed by atoms with E-state index in [1.165, 1.54) is 11.3 Å². The molecule has 0 atom stereocenters. The predicted octanol–water partition coefficient (Wildman–Crippen LogP) is 3.01. The lowest BCUT2D eigenvalue weighted by molar-refractivity contribution is -0.147. The smallest absolute Gasteiger partial charge is 0.310 e. The van der Waals surface area contributed by atoms with Crippen LogP contribution in [0.4, 0.5) is 0 Å². The molecule has 2 heterocycles. The zero-order chi connectivity index (χ0) is 16.8. The minimum Gasteiger partial charge on any atom is -0.481 e. The molecule has 0 radical (unpaired) electrons. The van der Waals surface area contributed by atoms with Crippen LogP contribution >= 0.6 is 11.3 Å². The van der Waals surface area contributed by atoms with Crippen LogP contribution in [-0.4, -0.2) is 20.6 Å². The molecule has 23 heavy (non-hydrogen) atoms. The van der Waals surface area contributed by atoms with Crippen molar-refractivity contribution in [2.45, 2.75) is 59.4 Å². The molecule has 0 bridgehead atoms. The van der Waals surface area contributed by atoms with Crippen molar-refractivity contribution in [2.75, 3.05) is 0 Å². The fourth-order valence-electron chi connectivity index (χ4n) is 3.18. The molecule has 1 aliphatic carbocycles. The number of aryl methyl sites for hydroxylation is 3. The first kappa shape index (κ1) is 16.2. The van der Waals surface area contributed by atoms with Crippen molar-refractivity contribution in [2.24, 2.45) is 5.41 Å². The summed E-state index contributed by atoms with van der Waals surface area (Å²) in [7, 11) is 0. The quantitative estimate of drug-likeness (QED) is 0.933. The third-order valence-corrected chi connectivity index (χ3v) is 5.79. The summed E-state index contributed by atoms with van der Waals surface area (Å²) in [5.74, 6) is -0.227. The van der Waals surface area contributed by atoms with Gasteiger partial charge >= 0.3 is 5.97 Å². The Labute approximate surface area is 139 Å². The van der Waals surface area contributed by atoms with E-state index in [-0.39, 0.29) is 12.1 Å². The molecule has 3 rings (SSSR count). The molecule has 0 aromatic carbocycles. The number of nitrogens with zero attached hydrogens (tertiary/aromatic N) is 2. The lowest BCUT2D eigenvalue weighted by atomic mass is 9.93. The number of carbonyl (C=O) groups is 1. The van der Waals surface area contributed by atoms with Gasteiger partial charge in [0.25, 0.3) is 5.56 Å². The van der Waals surface area contributed by atoms with E-state index in [4.69, 9.17) is 4.98 Å². The van der Waals surface area contributed by atoms with E-state index < -0.39 is 11.4 Å². The summed E-state index contributed by atoms with van der Waals surface area (Å²) in [6.07, 6.45) is 4.84. The maximum absolute atomic E-state index is 13.1. The van der Waals surface area contributed by atoms with Crippen molar-refractivity contribution in [1.82, 2.24) is 9.55 Å². The monoisotopic (exact) mass is 334 g/mol. The van der Waals surface area contributed by atoms with Gasteiger partial charge in [0.05, 0.1) is 10.8 Å². The van der Waals surface area contributed by atoms with Crippen LogP contribution in [0.5, 0.6) is 0 Å². The van der Waals surface area contributed by atoms with E-state index in [2.05, 4.69) is 0 Å². The van der Waals surface area contributed by atoms with Gasteiger partial charge in [-0.3, -0.25) is 14.2 Å². The van der Waals surface area contributed by atoms with Crippen LogP contribution in [0.3, 0.4) is 0 Å². The summed E-state index contributed by atoms with van der Waals surface area (Å²) in [6, 6.07) is 0. The molecular formula is C17H22N2O3S. The van der Waals surface area contributed by atoms with Crippen LogP contribution < -0.4 is 5.56 Å². The van der Waals surface area contributed by atoms with Crippen molar-refractivity contribution in [3.05, 3.63) is 26.6 Å². The number of fused-ring (bicyclic) bond motifs is 3. The molecule has 6 heteroatoms. The topological polar surface area (TPSA) is 72.2 Å². The van der Waals surface area contributed by atoms with E-state index in [1.807, 2.05) is 6.92 Å². The molecule has 0 aliphatic heterocycles. The third kappa shape index (κ3) is 2.69. The Bertz CT molecular complexity index is 832. The summed E-state index contributed by atoms with van der Waals surface area (Å²) in [4.78, 5) is 31.3. The van der Waals surface area contributed by atoms with Crippen molar-refractivity contribution < 1.29 is 9.90 Å². The van der Waals surface area contributed by atoms with Crippen molar-refractivity contribution >= 4 is 27.5 Å². The van der Waals surface area contributed by atoms with E-state index in [9.17, 15) is 14.7 Å². The van der Waals surface area contributed by atoms with E-state index in [0.29, 0.717) is 12.2 Å². The average Bonchev–Trinajstić information content (AvgIpc) is 2.88. The molecular weight excluding hydrogens is 312 g/mol. The van der Waals surface area contributed by atoms with Crippen LogP contribution in [-0.2, 0) is 30.6 Å². The lowest BCUT2D eigenvalue weighted by Gasteiger charge is -2.22. The number of carboxylic acid groups (broad SMARTS) is 1. The third-order valence-electron chi connectivity index (χ3n) is 4.60. The highest BCUT2D eigenvalue weighted by Gasteiger charge is 2.30. The van der Waals surface area contributed by atoms with Gasteiger partial charge in [0.1, 0.15) is 10.7 Å². The molecule has 0 fully saturated rings. The van der Waals surface area contributed by atoms with E-state index in [0.717, 1.165) is 35.0 Å². The molecule has 0 saturated carbocycles. The number of rotatable bonds is 4. The van der Waals surface area contributed by atoms with Crippen LogP contribution in [0.15, 0.2) is 4.79 Å². The van der Waals surface area contributed by atoms with Gasteiger partial charge in [-0.15, -0.1) is 11.3 Å². The van der Waals surface area contributed by atoms with E-state index in [1.54, 1.807) is 29.8 Å². The van der Waals surface area contributed by atoms with Gasteiger partial charge < -0.3 is 5.11 Å². The van der Waals surface area contributed by atoms with Gasteiger partial charge in [0.2, 0.25) is 0 Å². The molecule has 0 unspecified atom stereocenters. The van der Waals surface area contributed by atoms with Crippen molar-refractivity contribution in [3.8, 4) is 0 Å². The zero-order valence-electron chi connectivity index (χ0n) is 13.8. The molecule has 1 N–H and O–H groups in total. The van der Waals surface area contributed by atoms with Gasteiger partial charge in [-0.25, -0.2) is 4.98 Å².